The highest BCUT2D eigenvalue weighted by Gasteiger charge is 2.16. The smallest absolute Gasteiger partial charge is 0.343 e. The van der Waals surface area contributed by atoms with Crippen molar-refractivity contribution in [3.05, 3.63) is 28.8 Å². The van der Waals surface area contributed by atoms with E-state index in [2.05, 4.69) is 36.0 Å². The second kappa shape index (κ2) is 8.89. The second-order valence-corrected chi connectivity index (χ2v) is 6.66. The van der Waals surface area contributed by atoms with Crippen LogP contribution in [0.25, 0.3) is 0 Å². The summed E-state index contributed by atoms with van der Waals surface area (Å²) in [7, 11) is 1.35. The molecule has 0 atom stereocenters. The first-order valence-corrected chi connectivity index (χ1v) is 7.90. The van der Waals surface area contributed by atoms with E-state index < -0.39 is 0 Å². The number of ether oxygens (including phenoxy) is 2. The number of hydrogen-bond acceptors (Lipinski definition) is 5. The molecule has 1 aromatic rings. The van der Waals surface area contributed by atoms with Gasteiger partial charge in [0.25, 0.3) is 0 Å². The summed E-state index contributed by atoms with van der Waals surface area (Å²) in [5, 5.41) is 12.5. The number of benzene rings is 1. The van der Waals surface area contributed by atoms with E-state index in [0.717, 1.165) is 36.4 Å². The summed E-state index contributed by atoms with van der Waals surface area (Å²) in [6, 6.07) is 4.12. The lowest BCUT2D eigenvalue weighted by Crippen LogP contribution is -2.29. The van der Waals surface area contributed by atoms with Crippen LogP contribution in [0.2, 0.25) is 0 Å². The number of aliphatic hydroxyl groups is 1. The number of aryl methyl sites for hydroxylation is 2. The highest BCUT2D eigenvalue weighted by atomic mass is 16.6. The second-order valence-electron chi connectivity index (χ2n) is 6.66. The Hall–Kier alpha value is -1.59. The monoisotopic (exact) mass is 323 g/mol. The molecule has 0 aliphatic carbocycles. The van der Waals surface area contributed by atoms with Crippen molar-refractivity contribution in [1.82, 2.24) is 5.32 Å². The molecule has 5 nitrogen and oxygen atoms in total. The largest absolute Gasteiger partial charge is 0.481 e. The van der Waals surface area contributed by atoms with Gasteiger partial charge in [-0.25, -0.2) is 4.79 Å². The zero-order chi connectivity index (χ0) is 17.5. The number of carbonyl (C=O) groups is 1. The Morgan fingerprint density at radius 2 is 1.87 bits per heavy atom. The average molecular weight is 323 g/mol. The van der Waals surface area contributed by atoms with Gasteiger partial charge in [-0.1, -0.05) is 26.0 Å². The van der Waals surface area contributed by atoms with E-state index in [1.54, 1.807) is 0 Å². The van der Waals surface area contributed by atoms with Crippen molar-refractivity contribution in [3.63, 3.8) is 0 Å². The van der Waals surface area contributed by atoms with Gasteiger partial charge in [0.2, 0.25) is 0 Å². The van der Waals surface area contributed by atoms with E-state index in [-0.39, 0.29) is 24.6 Å². The van der Waals surface area contributed by atoms with Crippen LogP contribution >= 0.6 is 0 Å². The lowest BCUT2D eigenvalue weighted by atomic mass is 9.89. The molecule has 5 heteroatoms. The molecule has 0 unspecified atom stereocenters. The van der Waals surface area contributed by atoms with Crippen molar-refractivity contribution < 1.29 is 19.4 Å². The number of carbonyl (C=O) groups excluding carboxylic acids is 1. The zero-order valence-corrected chi connectivity index (χ0v) is 14.9. The summed E-state index contributed by atoms with van der Waals surface area (Å²) in [5.41, 5.74) is 3.24. The molecular weight excluding hydrogens is 294 g/mol. The fraction of sp³-hybridized carbons (Fsp3) is 0.611. The maximum absolute atomic E-state index is 11.2. The van der Waals surface area contributed by atoms with Crippen molar-refractivity contribution >= 4 is 5.97 Å². The van der Waals surface area contributed by atoms with Gasteiger partial charge in [0, 0.05) is 19.7 Å². The van der Waals surface area contributed by atoms with Gasteiger partial charge in [-0.3, -0.25) is 0 Å². The van der Waals surface area contributed by atoms with Crippen molar-refractivity contribution in [1.29, 1.82) is 0 Å². The summed E-state index contributed by atoms with van der Waals surface area (Å²) < 4.78 is 10.1. The minimum absolute atomic E-state index is 0.0718. The van der Waals surface area contributed by atoms with Gasteiger partial charge < -0.3 is 19.9 Å². The maximum Gasteiger partial charge on any atom is 0.343 e. The van der Waals surface area contributed by atoms with E-state index >= 15 is 0 Å². The number of hydrogen-bond donors (Lipinski definition) is 2. The molecule has 0 radical (unpaired) electrons. The van der Waals surface area contributed by atoms with Crippen LogP contribution in [0.4, 0.5) is 0 Å². The van der Waals surface area contributed by atoms with Crippen molar-refractivity contribution in [3.8, 4) is 5.75 Å². The maximum atomic E-state index is 11.2. The zero-order valence-electron chi connectivity index (χ0n) is 14.9. The Kier molecular flexibility index (Phi) is 7.52. The number of nitrogens with one attached hydrogen (secondary N) is 1. The summed E-state index contributed by atoms with van der Waals surface area (Å²) in [4.78, 5) is 11.2. The van der Waals surface area contributed by atoms with Crippen molar-refractivity contribution in [2.24, 2.45) is 5.41 Å². The molecule has 0 heterocycles. The number of rotatable bonds is 9. The van der Waals surface area contributed by atoms with Gasteiger partial charge in [-0.05, 0) is 42.4 Å². The van der Waals surface area contributed by atoms with Gasteiger partial charge in [-0.15, -0.1) is 0 Å². The molecule has 0 spiro atoms. The third-order valence-electron chi connectivity index (χ3n) is 3.80. The molecule has 0 saturated carbocycles. The first kappa shape index (κ1) is 19.5. The van der Waals surface area contributed by atoms with Gasteiger partial charge in [-0.2, -0.15) is 0 Å². The van der Waals surface area contributed by atoms with E-state index in [0.29, 0.717) is 0 Å². The summed E-state index contributed by atoms with van der Waals surface area (Å²) in [5.74, 6) is 0.348. The number of esters is 1. The Bertz CT molecular complexity index is 503. The number of aliphatic hydroxyl groups excluding tert-OH is 1. The van der Waals surface area contributed by atoms with Crippen LogP contribution in [0, 0.1) is 19.3 Å². The first-order chi connectivity index (χ1) is 10.8. The predicted molar refractivity (Wildman–Crippen MR) is 90.6 cm³/mol. The standard InChI is InChI=1S/C18H29NO4/c1-13-8-15(10-19-12-18(3,4)6-7-20)9-14(2)17(13)23-11-16(21)22-5/h8-9,19-20H,6-7,10-12H2,1-5H3. The topological polar surface area (TPSA) is 67.8 Å². The Morgan fingerprint density at radius 1 is 1.26 bits per heavy atom. The molecule has 0 fully saturated rings. The fourth-order valence-corrected chi connectivity index (χ4v) is 2.50. The van der Waals surface area contributed by atoms with Crippen molar-refractivity contribution in [2.75, 3.05) is 26.9 Å². The third-order valence-corrected chi connectivity index (χ3v) is 3.80. The lowest BCUT2D eigenvalue weighted by molar-refractivity contribution is -0.142. The molecule has 0 amide bonds. The molecule has 0 aliphatic rings. The Morgan fingerprint density at radius 3 is 2.39 bits per heavy atom. The van der Waals surface area contributed by atoms with Crippen LogP contribution in [0.3, 0.4) is 0 Å². The molecule has 0 aromatic heterocycles. The molecule has 1 rings (SSSR count). The average Bonchev–Trinajstić information content (AvgIpc) is 2.45. The van der Waals surface area contributed by atoms with E-state index in [1.807, 2.05) is 13.8 Å². The Balaban J connectivity index is 2.64. The molecule has 23 heavy (non-hydrogen) atoms. The van der Waals surface area contributed by atoms with Crippen LogP contribution in [0.5, 0.6) is 5.75 Å². The lowest BCUT2D eigenvalue weighted by Gasteiger charge is -2.24. The van der Waals surface area contributed by atoms with Gasteiger partial charge >= 0.3 is 5.97 Å². The van der Waals surface area contributed by atoms with E-state index in [1.165, 1.54) is 12.7 Å². The summed E-state index contributed by atoms with van der Waals surface area (Å²) in [6.45, 7) is 9.94. The van der Waals surface area contributed by atoms with Crippen LogP contribution in [0.15, 0.2) is 12.1 Å². The molecule has 130 valence electrons. The number of methoxy groups -OCH3 is 1. The van der Waals surface area contributed by atoms with Crippen LogP contribution in [-0.4, -0.2) is 37.9 Å². The van der Waals surface area contributed by atoms with Crippen LogP contribution < -0.4 is 10.1 Å². The molecule has 0 bridgehead atoms. The highest BCUT2D eigenvalue weighted by molar-refractivity contribution is 5.71. The molecule has 1 aromatic carbocycles. The molecule has 0 saturated heterocycles. The third kappa shape index (κ3) is 6.59. The van der Waals surface area contributed by atoms with Crippen LogP contribution in [0.1, 0.15) is 37.0 Å². The van der Waals surface area contributed by atoms with Crippen LogP contribution in [-0.2, 0) is 16.1 Å². The predicted octanol–water partition coefficient (Wildman–Crippen LogP) is 2.35. The van der Waals surface area contributed by atoms with Gasteiger partial charge in [0.15, 0.2) is 6.61 Å². The SMILES string of the molecule is COC(=O)COc1c(C)cc(CNCC(C)(C)CCO)cc1C. The summed E-state index contributed by atoms with van der Waals surface area (Å²) in [6.07, 6.45) is 0.776. The Labute approximate surface area is 139 Å². The quantitative estimate of drug-likeness (QED) is 0.683. The summed E-state index contributed by atoms with van der Waals surface area (Å²) >= 11 is 0. The fourth-order valence-electron chi connectivity index (χ4n) is 2.50. The minimum atomic E-state index is -0.388. The van der Waals surface area contributed by atoms with Gasteiger partial charge in [0.1, 0.15) is 5.75 Å². The van der Waals surface area contributed by atoms with E-state index in [9.17, 15) is 4.79 Å². The van der Waals surface area contributed by atoms with Crippen molar-refractivity contribution in [2.45, 2.75) is 40.7 Å². The van der Waals surface area contributed by atoms with E-state index in [4.69, 9.17) is 9.84 Å². The molecular formula is C18H29NO4. The highest BCUT2D eigenvalue weighted by Crippen LogP contribution is 2.25. The van der Waals surface area contributed by atoms with Gasteiger partial charge in [0.05, 0.1) is 7.11 Å². The first-order valence-electron chi connectivity index (χ1n) is 7.90. The minimum Gasteiger partial charge on any atom is -0.481 e. The normalized spacial score (nSPS) is 11.4. The molecule has 2 N–H and O–H groups in total. The molecule has 0 aliphatic heterocycles.